The summed E-state index contributed by atoms with van der Waals surface area (Å²) in [6.45, 7) is 0.371. The maximum absolute atomic E-state index is 13.4. The fraction of sp³-hybridized carbons (Fsp3) is 0.385. The summed E-state index contributed by atoms with van der Waals surface area (Å²) in [7, 11) is 0. The fourth-order valence-electron chi connectivity index (χ4n) is 1.99. The van der Waals surface area contributed by atoms with Crippen molar-refractivity contribution in [1.82, 2.24) is 10.6 Å². The molecule has 1 fully saturated rings. The molecule has 0 aromatic heterocycles. The molecule has 1 aromatic carbocycles. The van der Waals surface area contributed by atoms with E-state index in [-0.39, 0.29) is 29.8 Å². The van der Waals surface area contributed by atoms with Gasteiger partial charge in [0, 0.05) is 24.6 Å². The molecule has 0 aliphatic carbocycles. The molecule has 6 heteroatoms. The molecule has 102 valence electrons. The maximum Gasteiger partial charge on any atom is 0.224 e. The van der Waals surface area contributed by atoms with Crippen LogP contribution in [0.3, 0.4) is 0 Å². The van der Waals surface area contributed by atoms with Crippen molar-refractivity contribution in [2.45, 2.75) is 25.3 Å². The van der Waals surface area contributed by atoms with E-state index in [9.17, 15) is 18.4 Å². The van der Waals surface area contributed by atoms with Gasteiger partial charge in [-0.15, -0.1) is 0 Å². The van der Waals surface area contributed by atoms with Crippen LogP contribution in [0.25, 0.3) is 0 Å². The molecule has 0 bridgehead atoms. The maximum atomic E-state index is 13.4. The quantitative estimate of drug-likeness (QED) is 0.855. The Morgan fingerprint density at radius 2 is 2.21 bits per heavy atom. The van der Waals surface area contributed by atoms with E-state index in [0.717, 1.165) is 6.07 Å². The Labute approximate surface area is 109 Å². The summed E-state index contributed by atoms with van der Waals surface area (Å²) in [5.41, 5.74) is 0.0253. The summed E-state index contributed by atoms with van der Waals surface area (Å²) in [4.78, 5) is 22.7. The molecule has 0 saturated carbocycles. The molecule has 0 radical (unpaired) electrons. The lowest BCUT2D eigenvalue weighted by molar-refractivity contribution is -0.125. The van der Waals surface area contributed by atoms with Crippen LogP contribution in [0.2, 0.25) is 0 Å². The summed E-state index contributed by atoms with van der Waals surface area (Å²) in [5, 5.41) is 5.33. The average Bonchev–Trinajstić information content (AvgIpc) is 2.38. The minimum absolute atomic E-state index is 0.0253. The second-order valence-corrected chi connectivity index (χ2v) is 4.50. The topological polar surface area (TPSA) is 58.2 Å². The molecule has 2 N–H and O–H groups in total. The molecule has 4 nitrogen and oxygen atoms in total. The minimum atomic E-state index is -0.991. The first-order valence-electron chi connectivity index (χ1n) is 6.05. The van der Waals surface area contributed by atoms with Gasteiger partial charge in [0.15, 0.2) is 11.6 Å². The van der Waals surface area contributed by atoms with Crippen LogP contribution < -0.4 is 10.6 Å². The zero-order chi connectivity index (χ0) is 13.8. The molecular formula is C13H14F2N2O2. The number of nitrogens with one attached hydrogen (secondary N) is 2. The molecule has 1 heterocycles. The lowest BCUT2D eigenvalue weighted by atomic mass is 10.1. The Bertz CT molecular complexity index is 495. The van der Waals surface area contributed by atoms with E-state index in [4.69, 9.17) is 0 Å². The molecular weight excluding hydrogens is 254 g/mol. The van der Waals surface area contributed by atoms with E-state index >= 15 is 0 Å². The number of carbonyl (C=O) groups is 2. The summed E-state index contributed by atoms with van der Waals surface area (Å²) in [6, 6.07) is 3.59. The predicted molar refractivity (Wildman–Crippen MR) is 64.2 cm³/mol. The highest BCUT2D eigenvalue weighted by Gasteiger charge is 2.20. The van der Waals surface area contributed by atoms with Crippen LogP contribution >= 0.6 is 0 Å². The van der Waals surface area contributed by atoms with Gasteiger partial charge >= 0.3 is 0 Å². The summed E-state index contributed by atoms with van der Waals surface area (Å²) < 4.78 is 26.4. The molecule has 1 unspecified atom stereocenters. The first-order chi connectivity index (χ1) is 9.06. The van der Waals surface area contributed by atoms with Crippen LogP contribution in [-0.2, 0) is 16.0 Å². The van der Waals surface area contributed by atoms with Crippen LogP contribution in [0, 0.1) is 11.6 Å². The van der Waals surface area contributed by atoms with E-state index in [2.05, 4.69) is 10.6 Å². The van der Waals surface area contributed by atoms with Crippen molar-refractivity contribution in [1.29, 1.82) is 0 Å². The van der Waals surface area contributed by atoms with Gasteiger partial charge in [-0.05, 0) is 12.5 Å². The highest BCUT2D eigenvalue weighted by atomic mass is 19.2. The standard InChI is InChI=1S/C13H14F2N2O2/c14-10-3-1-2-8(13(10)15)6-12(19)17-9-4-5-11(18)16-7-9/h1-3,9H,4-7H2,(H,16,18)(H,17,19). The molecule has 1 aliphatic rings. The number of hydrogen-bond donors (Lipinski definition) is 2. The summed E-state index contributed by atoms with van der Waals surface area (Å²) >= 11 is 0. The summed E-state index contributed by atoms with van der Waals surface area (Å²) in [6.07, 6.45) is 0.705. The van der Waals surface area contributed by atoms with E-state index in [1.165, 1.54) is 12.1 Å². The number of carbonyl (C=O) groups excluding carboxylic acids is 2. The fourth-order valence-corrected chi connectivity index (χ4v) is 1.99. The minimum Gasteiger partial charge on any atom is -0.354 e. The van der Waals surface area contributed by atoms with Crippen LogP contribution in [0.15, 0.2) is 18.2 Å². The largest absolute Gasteiger partial charge is 0.354 e. The second kappa shape index (κ2) is 5.77. The van der Waals surface area contributed by atoms with Crippen molar-refractivity contribution < 1.29 is 18.4 Å². The Balaban J connectivity index is 1.91. The number of halogens is 2. The van der Waals surface area contributed by atoms with Crippen molar-refractivity contribution in [3.05, 3.63) is 35.4 Å². The van der Waals surface area contributed by atoms with E-state index < -0.39 is 11.6 Å². The normalized spacial score (nSPS) is 18.8. The van der Waals surface area contributed by atoms with Crippen LogP contribution in [-0.4, -0.2) is 24.4 Å². The predicted octanol–water partition coefficient (Wildman–Crippen LogP) is 0.902. The van der Waals surface area contributed by atoms with Crippen LogP contribution in [0.4, 0.5) is 8.78 Å². The molecule has 1 atom stereocenters. The Morgan fingerprint density at radius 3 is 2.89 bits per heavy atom. The molecule has 2 rings (SSSR count). The summed E-state index contributed by atoms with van der Waals surface area (Å²) in [5.74, 6) is -2.38. The van der Waals surface area contributed by atoms with Crippen LogP contribution in [0.1, 0.15) is 18.4 Å². The Morgan fingerprint density at radius 1 is 1.42 bits per heavy atom. The smallest absolute Gasteiger partial charge is 0.224 e. The van der Waals surface area contributed by atoms with E-state index in [0.29, 0.717) is 19.4 Å². The third-order valence-corrected chi connectivity index (χ3v) is 3.01. The third-order valence-electron chi connectivity index (χ3n) is 3.01. The first-order valence-corrected chi connectivity index (χ1v) is 6.05. The van der Waals surface area contributed by atoms with Gasteiger partial charge in [0.1, 0.15) is 0 Å². The molecule has 0 spiro atoms. The number of benzene rings is 1. The van der Waals surface area contributed by atoms with Crippen molar-refractivity contribution in [3.8, 4) is 0 Å². The van der Waals surface area contributed by atoms with Gasteiger partial charge < -0.3 is 10.6 Å². The SMILES string of the molecule is O=C1CCC(NC(=O)Cc2cccc(F)c2F)CN1. The van der Waals surface area contributed by atoms with E-state index in [1.54, 1.807) is 0 Å². The number of hydrogen-bond acceptors (Lipinski definition) is 2. The molecule has 2 amide bonds. The lowest BCUT2D eigenvalue weighted by Crippen LogP contribution is -2.48. The van der Waals surface area contributed by atoms with Crippen molar-refractivity contribution in [2.24, 2.45) is 0 Å². The zero-order valence-corrected chi connectivity index (χ0v) is 10.2. The van der Waals surface area contributed by atoms with Gasteiger partial charge in [-0.3, -0.25) is 9.59 Å². The molecule has 1 saturated heterocycles. The van der Waals surface area contributed by atoms with E-state index in [1.807, 2.05) is 0 Å². The number of piperidine rings is 1. The molecule has 1 aromatic rings. The van der Waals surface area contributed by atoms with Gasteiger partial charge in [-0.25, -0.2) is 8.78 Å². The first kappa shape index (κ1) is 13.5. The highest BCUT2D eigenvalue weighted by Crippen LogP contribution is 2.12. The molecule has 19 heavy (non-hydrogen) atoms. The van der Waals surface area contributed by atoms with Gasteiger partial charge in [0.05, 0.1) is 6.42 Å². The van der Waals surface area contributed by atoms with Crippen molar-refractivity contribution >= 4 is 11.8 Å². The van der Waals surface area contributed by atoms with Gasteiger partial charge in [-0.1, -0.05) is 12.1 Å². The third kappa shape index (κ3) is 3.49. The number of rotatable bonds is 3. The second-order valence-electron chi connectivity index (χ2n) is 4.50. The van der Waals surface area contributed by atoms with Crippen molar-refractivity contribution in [3.63, 3.8) is 0 Å². The highest BCUT2D eigenvalue weighted by molar-refractivity contribution is 5.80. The average molecular weight is 268 g/mol. The Hall–Kier alpha value is -1.98. The lowest BCUT2D eigenvalue weighted by Gasteiger charge is -2.23. The monoisotopic (exact) mass is 268 g/mol. The van der Waals surface area contributed by atoms with Crippen molar-refractivity contribution in [2.75, 3.05) is 6.54 Å². The zero-order valence-electron chi connectivity index (χ0n) is 10.2. The van der Waals surface area contributed by atoms with Gasteiger partial charge in [0.25, 0.3) is 0 Å². The number of amides is 2. The van der Waals surface area contributed by atoms with Gasteiger partial charge in [-0.2, -0.15) is 0 Å². The molecule has 1 aliphatic heterocycles. The Kier molecular flexibility index (Phi) is 4.09. The van der Waals surface area contributed by atoms with Gasteiger partial charge in [0.2, 0.25) is 11.8 Å². The van der Waals surface area contributed by atoms with Crippen LogP contribution in [0.5, 0.6) is 0 Å².